The van der Waals surface area contributed by atoms with Gasteiger partial charge in [0, 0.05) is 12.5 Å². The van der Waals surface area contributed by atoms with Gasteiger partial charge in [0.15, 0.2) is 0 Å². The third-order valence-electron chi connectivity index (χ3n) is 4.82. The summed E-state index contributed by atoms with van der Waals surface area (Å²) < 4.78 is 45.0. The largest absolute Gasteiger partial charge is 0.489 e. The zero-order valence-electron chi connectivity index (χ0n) is 17.0. The van der Waals surface area contributed by atoms with Crippen LogP contribution in [0.4, 0.5) is 13.2 Å². The van der Waals surface area contributed by atoms with Crippen LogP contribution in [-0.2, 0) is 11.0 Å². The lowest BCUT2D eigenvalue weighted by atomic mass is 9.86. The Morgan fingerprint density at radius 1 is 1.10 bits per heavy atom. The van der Waals surface area contributed by atoms with Crippen molar-refractivity contribution >= 4 is 11.8 Å². The summed E-state index contributed by atoms with van der Waals surface area (Å²) in [4.78, 5) is 25.1. The van der Waals surface area contributed by atoms with Gasteiger partial charge < -0.3 is 15.4 Å². The Labute approximate surface area is 168 Å². The Balaban J connectivity index is 2.43. The van der Waals surface area contributed by atoms with Crippen molar-refractivity contribution in [1.82, 2.24) is 10.6 Å². The molecule has 0 bridgehead atoms. The number of amides is 2. The number of fused-ring (bicyclic) bond motifs is 1. The van der Waals surface area contributed by atoms with E-state index in [0.29, 0.717) is 6.42 Å². The van der Waals surface area contributed by atoms with E-state index in [1.54, 1.807) is 19.1 Å². The molecule has 160 valence electrons. The van der Waals surface area contributed by atoms with Gasteiger partial charge in [0.25, 0.3) is 5.91 Å². The van der Waals surface area contributed by atoms with E-state index < -0.39 is 29.1 Å². The van der Waals surface area contributed by atoms with Crippen LogP contribution < -0.4 is 15.4 Å². The number of alkyl halides is 3. The molecule has 1 aromatic carbocycles. The number of carbonyl (C=O) groups is 2. The van der Waals surface area contributed by atoms with Crippen LogP contribution in [0.2, 0.25) is 0 Å². The molecule has 2 atom stereocenters. The molecule has 2 unspecified atom stereocenters. The number of allylic oxidation sites excluding steroid dienone is 1. The predicted molar refractivity (Wildman–Crippen MR) is 104 cm³/mol. The molecule has 1 aliphatic rings. The highest BCUT2D eigenvalue weighted by atomic mass is 19.4. The quantitative estimate of drug-likeness (QED) is 0.635. The first kappa shape index (κ1) is 22.8. The van der Waals surface area contributed by atoms with Gasteiger partial charge in [-0.15, -0.1) is 0 Å². The Kier molecular flexibility index (Phi) is 6.97. The van der Waals surface area contributed by atoms with Gasteiger partial charge in [0.05, 0.1) is 17.2 Å². The van der Waals surface area contributed by atoms with Crippen molar-refractivity contribution in [2.45, 2.75) is 46.3 Å². The molecule has 0 saturated heterocycles. The number of ether oxygens (including phenoxy) is 1. The van der Waals surface area contributed by atoms with Crippen LogP contribution >= 0.6 is 0 Å². The van der Waals surface area contributed by atoms with Crippen molar-refractivity contribution in [3.63, 3.8) is 0 Å². The summed E-state index contributed by atoms with van der Waals surface area (Å²) >= 11 is 0. The number of benzene rings is 1. The van der Waals surface area contributed by atoms with Gasteiger partial charge in [-0.3, -0.25) is 9.59 Å². The minimum absolute atomic E-state index is 0.0713. The van der Waals surface area contributed by atoms with Gasteiger partial charge in [0.2, 0.25) is 5.91 Å². The molecule has 0 aliphatic carbocycles. The van der Waals surface area contributed by atoms with E-state index >= 15 is 0 Å². The number of nitrogens with one attached hydrogen (secondary N) is 2. The molecule has 1 aromatic rings. The van der Waals surface area contributed by atoms with Crippen LogP contribution in [0, 0.1) is 11.3 Å². The zero-order valence-corrected chi connectivity index (χ0v) is 17.0. The van der Waals surface area contributed by atoms with E-state index in [9.17, 15) is 22.8 Å². The zero-order chi connectivity index (χ0) is 21.8. The summed E-state index contributed by atoms with van der Waals surface area (Å²) in [5.74, 6) is -1.03. The van der Waals surface area contributed by atoms with Gasteiger partial charge in [-0.05, 0) is 30.0 Å². The number of halogens is 3. The van der Waals surface area contributed by atoms with Crippen molar-refractivity contribution in [3.8, 4) is 5.75 Å². The maximum Gasteiger partial charge on any atom is 0.416 e. The average Bonchev–Trinajstić information content (AvgIpc) is 2.61. The fourth-order valence-electron chi connectivity index (χ4n) is 2.81. The van der Waals surface area contributed by atoms with E-state index in [0.717, 1.165) is 18.2 Å². The molecular formula is C21H27F3N2O3. The van der Waals surface area contributed by atoms with E-state index in [2.05, 4.69) is 10.6 Å². The molecular weight excluding hydrogens is 385 g/mol. The Morgan fingerprint density at radius 2 is 1.79 bits per heavy atom. The standard InChI is InChI=1S/C21H27F3N2O3/c1-13-7-5-6-10-29-16-9-8-14(21(22,23)24)11-15(16)19(28)26-17(20(2,3)4)12-25-18(13)27/h5-6,8-9,11,13,17H,7,10,12H2,1-4H3,(H,25,27)(H,26,28)/b6-5-. The van der Waals surface area contributed by atoms with Crippen LogP contribution in [0.1, 0.15) is 50.0 Å². The second-order valence-electron chi connectivity index (χ2n) is 8.27. The van der Waals surface area contributed by atoms with Crippen LogP contribution in [0.25, 0.3) is 0 Å². The lowest BCUT2D eigenvalue weighted by molar-refractivity contribution is -0.137. The lowest BCUT2D eigenvalue weighted by Crippen LogP contribution is -2.51. The normalized spacial score (nSPS) is 23.1. The highest BCUT2D eigenvalue weighted by Gasteiger charge is 2.33. The molecule has 1 heterocycles. The fourth-order valence-corrected chi connectivity index (χ4v) is 2.81. The summed E-state index contributed by atoms with van der Waals surface area (Å²) in [5.41, 5.74) is -1.56. The first-order valence-corrected chi connectivity index (χ1v) is 9.47. The molecule has 0 fully saturated rings. The molecule has 0 spiro atoms. The molecule has 2 N–H and O–H groups in total. The minimum Gasteiger partial charge on any atom is -0.489 e. The van der Waals surface area contributed by atoms with Crippen molar-refractivity contribution in [2.24, 2.45) is 11.3 Å². The van der Waals surface area contributed by atoms with Crippen LogP contribution in [-0.4, -0.2) is 31.0 Å². The molecule has 0 aromatic heterocycles. The number of hydrogen-bond donors (Lipinski definition) is 2. The SMILES string of the molecule is CC1C/C=C\COc2ccc(C(F)(F)F)cc2C(=O)NC(C(C)(C)C)CNC1=O. The second kappa shape index (κ2) is 8.88. The summed E-state index contributed by atoms with van der Waals surface area (Å²) in [6, 6.07) is 2.35. The van der Waals surface area contributed by atoms with Crippen molar-refractivity contribution in [3.05, 3.63) is 41.5 Å². The molecule has 5 nitrogen and oxygen atoms in total. The van der Waals surface area contributed by atoms with Crippen LogP contribution in [0.15, 0.2) is 30.4 Å². The third-order valence-corrected chi connectivity index (χ3v) is 4.82. The average molecular weight is 412 g/mol. The lowest BCUT2D eigenvalue weighted by Gasteiger charge is -2.32. The molecule has 2 amide bonds. The number of rotatable bonds is 0. The van der Waals surface area contributed by atoms with E-state index in [1.165, 1.54) is 0 Å². The van der Waals surface area contributed by atoms with Gasteiger partial charge in [0.1, 0.15) is 12.4 Å². The maximum atomic E-state index is 13.1. The molecule has 29 heavy (non-hydrogen) atoms. The maximum absolute atomic E-state index is 13.1. The summed E-state index contributed by atoms with van der Waals surface area (Å²) in [6.07, 6.45) is -0.628. The van der Waals surface area contributed by atoms with Crippen molar-refractivity contribution in [1.29, 1.82) is 0 Å². The summed E-state index contributed by atoms with van der Waals surface area (Å²) in [6.45, 7) is 7.67. The Morgan fingerprint density at radius 3 is 2.41 bits per heavy atom. The first-order valence-electron chi connectivity index (χ1n) is 9.47. The van der Waals surface area contributed by atoms with Crippen LogP contribution in [0.5, 0.6) is 5.75 Å². The van der Waals surface area contributed by atoms with Crippen LogP contribution in [0.3, 0.4) is 0 Å². The van der Waals surface area contributed by atoms with E-state index in [-0.39, 0.29) is 36.3 Å². The van der Waals surface area contributed by atoms with Gasteiger partial charge in [-0.2, -0.15) is 13.2 Å². The fraction of sp³-hybridized carbons (Fsp3) is 0.524. The van der Waals surface area contributed by atoms with Gasteiger partial charge in [-0.1, -0.05) is 39.8 Å². The minimum atomic E-state index is -4.58. The molecule has 0 radical (unpaired) electrons. The molecule has 1 aliphatic heterocycles. The Hall–Kier alpha value is -2.51. The monoisotopic (exact) mass is 412 g/mol. The topological polar surface area (TPSA) is 67.4 Å². The van der Waals surface area contributed by atoms with Crippen molar-refractivity contribution < 1.29 is 27.5 Å². The first-order chi connectivity index (χ1) is 13.4. The van der Waals surface area contributed by atoms with Crippen molar-refractivity contribution in [2.75, 3.05) is 13.2 Å². The van der Waals surface area contributed by atoms with Gasteiger partial charge in [-0.25, -0.2) is 0 Å². The van der Waals surface area contributed by atoms with Gasteiger partial charge >= 0.3 is 6.18 Å². The molecule has 8 heteroatoms. The number of hydrogen-bond acceptors (Lipinski definition) is 3. The Bertz CT molecular complexity index is 782. The highest BCUT2D eigenvalue weighted by Crippen LogP contribution is 2.33. The summed E-state index contributed by atoms with van der Waals surface area (Å²) in [5, 5.41) is 5.59. The highest BCUT2D eigenvalue weighted by molar-refractivity contribution is 5.97. The summed E-state index contributed by atoms with van der Waals surface area (Å²) in [7, 11) is 0. The number of carbonyl (C=O) groups excluding carboxylic acids is 2. The van der Waals surface area contributed by atoms with E-state index in [1.807, 2.05) is 20.8 Å². The van der Waals surface area contributed by atoms with E-state index in [4.69, 9.17) is 4.74 Å². The second-order valence-corrected chi connectivity index (χ2v) is 8.27. The third kappa shape index (κ3) is 6.24. The predicted octanol–water partition coefficient (Wildman–Crippen LogP) is 3.94. The smallest absolute Gasteiger partial charge is 0.416 e. The molecule has 2 rings (SSSR count). The molecule has 0 saturated carbocycles.